The Morgan fingerprint density at radius 3 is 2.80 bits per heavy atom. The number of carboxylic acid groups (broad SMARTS) is 1. The highest BCUT2D eigenvalue weighted by Crippen LogP contribution is 2.26. The van der Waals surface area contributed by atoms with Gasteiger partial charge in [0.25, 0.3) is 5.56 Å². The molecule has 6 nitrogen and oxygen atoms in total. The molecule has 0 bridgehead atoms. The molecule has 0 spiro atoms. The van der Waals surface area contributed by atoms with E-state index in [1.165, 1.54) is 18.3 Å². The van der Waals surface area contributed by atoms with Gasteiger partial charge in [-0.1, -0.05) is 18.2 Å². The number of rotatable bonds is 3. The van der Waals surface area contributed by atoms with E-state index in [4.69, 9.17) is 4.42 Å². The molecule has 0 atom stereocenters. The number of fused-ring (bicyclic) bond motifs is 1. The van der Waals surface area contributed by atoms with Crippen molar-refractivity contribution in [1.29, 1.82) is 0 Å². The Bertz CT molecular complexity index is 848. The molecule has 0 radical (unpaired) electrons. The molecule has 0 saturated heterocycles. The minimum atomic E-state index is -1.09. The van der Waals surface area contributed by atoms with Crippen LogP contribution in [0.15, 0.2) is 51.8 Å². The first kappa shape index (κ1) is 12.2. The second-order valence-corrected chi connectivity index (χ2v) is 4.22. The van der Waals surface area contributed by atoms with Crippen molar-refractivity contribution in [2.24, 2.45) is 0 Å². The fraction of sp³-hybridized carbons (Fsp3) is 0.0714. The standard InChI is InChI=1S/C14H10N2O4/c17-12-6-3-7-15-16(12)8-11-13(14(18)19)9-4-1-2-5-10(9)20-11/h1-7H,8H2,(H,18,19). The molecule has 1 N–H and O–H groups in total. The van der Waals surface area contributed by atoms with E-state index >= 15 is 0 Å². The summed E-state index contributed by atoms with van der Waals surface area (Å²) in [7, 11) is 0. The second-order valence-electron chi connectivity index (χ2n) is 4.22. The van der Waals surface area contributed by atoms with Gasteiger partial charge in [0.1, 0.15) is 23.5 Å². The van der Waals surface area contributed by atoms with Gasteiger partial charge in [-0.05, 0) is 12.1 Å². The fourth-order valence-corrected chi connectivity index (χ4v) is 2.08. The van der Waals surface area contributed by atoms with Crippen LogP contribution < -0.4 is 5.56 Å². The first-order valence-corrected chi connectivity index (χ1v) is 5.92. The maximum absolute atomic E-state index is 11.6. The maximum atomic E-state index is 11.6. The van der Waals surface area contributed by atoms with E-state index in [2.05, 4.69) is 5.10 Å². The summed E-state index contributed by atoms with van der Waals surface area (Å²) in [6, 6.07) is 9.74. The predicted octanol–water partition coefficient (Wildman–Crippen LogP) is 1.74. The first-order valence-electron chi connectivity index (χ1n) is 5.92. The topological polar surface area (TPSA) is 85.3 Å². The minimum absolute atomic E-state index is 0.0179. The summed E-state index contributed by atoms with van der Waals surface area (Å²) in [6.07, 6.45) is 1.46. The smallest absolute Gasteiger partial charge is 0.339 e. The van der Waals surface area contributed by atoms with Crippen molar-refractivity contribution < 1.29 is 14.3 Å². The highest BCUT2D eigenvalue weighted by atomic mass is 16.4. The number of furan rings is 1. The van der Waals surface area contributed by atoms with Crippen molar-refractivity contribution in [3.63, 3.8) is 0 Å². The van der Waals surface area contributed by atoms with E-state index in [0.717, 1.165) is 4.68 Å². The summed E-state index contributed by atoms with van der Waals surface area (Å²) in [5.41, 5.74) is 0.228. The number of aromatic nitrogens is 2. The van der Waals surface area contributed by atoms with Gasteiger partial charge < -0.3 is 9.52 Å². The molecule has 100 valence electrons. The van der Waals surface area contributed by atoms with Gasteiger partial charge in [-0.2, -0.15) is 5.10 Å². The summed E-state index contributed by atoms with van der Waals surface area (Å²) in [5.74, 6) is -0.881. The van der Waals surface area contributed by atoms with E-state index < -0.39 is 5.97 Å². The van der Waals surface area contributed by atoms with Gasteiger partial charge in [0.2, 0.25) is 0 Å². The lowest BCUT2D eigenvalue weighted by atomic mass is 10.1. The van der Waals surface area contributed by atoms with Crippen LogP contribution in [-0.2, 0) is 6.54 Å². The highest BCUT2D eigenvalue weighted by Gasteiger charge is 2.20. The zero-order valence-electron chi connectivity index (χ0n) is 10.3. The Morgan fingerprint density at radius 1 is 1.25 bits per heavy atom. The summed E-state index contributed by atoms with van der Waals surface area (Å²) < 4.78 is 6.70. The Kier molecular flexibility index (Phi) is 2.83. The first-order chi connectivity index (χ1) is 9.66. The van der Waals surface area contributed by atoms with Crippen molar-refractivity contribution >= 4 is 16.9 Å². The summed E-state index contributed by atoms with van der Waals surface area (Å²) in [6.45, 7) is -0.0179. The maximum Gasteiger partial charge on any atom is 0.339 e. The number of benzene rings is 1. The molecule has 2 heterocycles. The third-order valence-electron chi connectivity index (χ3n) is 2.96. The quantitative estimate of drug-likeness (QED) is 0.783. The van der Waals surface area contributed by atoms with Crippen LogP contribution in [0.3, 0.4) is 0 Å². The molecule has 0 aliphatic rings. The van der Waals surface area contributed by atoms with Gasteiger partial charge in [-0.25, -0.2) is 9.48 Å². The van der Waals surface area contributed by atoms with Gasteiger partial charge in [0.15, 0.2) is 0 Å². The van der Waals surface area contributed by atoms with Gasteiger partial charge in [-0.15, -0.1) is 0 Å². The summed E-state index contributed by atoms with van der Waals surface area (Å²) in [5, 5.41) is 13.7. The molecule has 3 aromatic rings. The van der Waals surface area contributed by atoms with E-state index in [1.807, 2.05) is 0 Å². The normalized spacial score (nSPS) is 10.8. The lowest BCUT2D eigenvalue weighted by molar-refractivity contribution is 0.0696. The average molecular weight is 270 g/mol. The van der Waals surface area contributed by atoms with Gasteiger partial charge in [0.05, 0.1) is 0 Å². The van der Waals surface area contributed by atoms with Crippen LogP contribution >= 0.6 is 0 Å². The molecular formula is C14H10N2O4. The number of hydrogen-bond donors (Lipinski definition) is 1. The third-order valence-corrected chi connectivity index (χ3v) is 2.96. The van der Waals surface area contributed by atoms with Crippen LogP contribution in [0.1, 0.15) is 16.1 Å². The van der Waals surface area contributed by atoms with Gasteiger partial charge in [-0.3, -0.25) is 4.79 Å². The molecule has 6 heteroatoms. The van der Waals surface area contributed by atoms with Crippen molar-refractivity contribution in [2.45, 2.75) is 6.54 Å². The van der Waals surface area contributed by atoms with Crippen LogP contribution in [0.4, 0.5) is 0 Å². The average Bonchev–Trinajstić information content (AvgIpc) is 2.79. The number of hydrogen-bond acceptors (Lipinski definition) is 4. The van der Waals surface area contributed by atoms with Crippen molar-refractivity contribution in [2.75, 3.05) is 0 Å². The number of aromatic carboxylic acids is 1. The zero-order chi connectivity index (χ0) is 14.1. The van der Waals surface area contributed by atoms with Gasteiger partial charge in [0, 0.05) is 17.6 Å². The molecule has 0 aliphatic carbocycles. The number of para-hydroxylation sites is 1. The zero-order valence-corrected chi connectivity index (χ0v) is 10.3. The Morgan fingerprint density at radius 2 is 2.05 bits per heavy atom. The molecule has 0 aliphatic heterocycles. The Balaban J connectivity index is 2.16. The van der Waals surface area contributed by atoms with Crippen LogP contribution in [-0.4, -0.2) is 20.9 Å². The fourth-order valence-electron chi connectivity index (χ4n) is 2.08. The molecule has 0 unspecified atom stereocenters. The van der Waals surface area contributed by atoms with E-state index in [0.29, 0.717) is 11.0 Å². The highest BCUT2D eigenvalue weighted by molar-refractivity contribution is 6.03. The Hall–Kier alpha value is -2.89. The van der Waals surface area contributed by atoms with E-state index in [9.17, 15) is 14.7 Å². The number of carbonyl (C=O) groups is 1. The number of carboxylic acids is 1. The van der Waals surface area contributed by atoms with E-state index in [-0.39, 0.29) is 23.4 Å². The van der Waals surface area contributed by atoms with Crippen LogP contribution in [0.25, 0.3) is 11.0 Å². The summed E-state index contributed by atoms with van der Waals surface area (Å²) >= 11 is 0. The monoisotopic (exact) mass is 270 g/mol. The van der Waals surface area contributed by atoms with E-state index in [1.54, 1.807) is 24.3 Å². The predicted molar refractivity (Wildman–Crippen MR) is 70.8 cm³/mol. The largest absolute Gasteiger partial charge is 0.478 e. The molecule has 1 aromatic carbocycles. The number of nitrogens with zero attached hydrogens (tertiary/aromatic N) is 2. The molecule has 2 aromatic heterocycles. The molecular weight excluding hydrogens is 260 g/mol. The molecule has 0 amide bonds. The van der Waals surface area contributed by atoms with Crippen molar-refractivity contribution in [1.82, 2.24) is 9.78 Å². The lowest BCUT2D eigenvalue weighted by Crippen LogP contribution is -2.22. The molecule has 20 heavy (non-hydrogen) atoms. The third kappa shape index (κ3) is 1.97. The minimum Gasteiger partial charge on any atom is -0.478 e. The summed E-state index contributed by atoms with van der Waals surface area (Å²) in [4.78, 5) is 23.0. The second kappa shape index (κ2) is 4.65. The molecule has 3 rings (SSSR count). The van der Waals surface area contributed by atoms with Crippen molar-refractivity contribution in [3.05, 3.63) is 64.3 Å². The lowest BCUT2D eigenvalue weighted by Gasteiger charge is -2.01. The van der Waals surface area contributed by atoms with Gasteiger partial charge >= 0.3 is 5.97 Å². The van der Waals surface area contributed by atoms with Crippen LogP contribution in [0.2, 0.25) is 0 Å². The SMILES string of the molecule is O=C(O)c1c(Cn2ncccc2=O)oc2ccccc12. The molecule has 0 saturated carbocycles. The van der Waals surface area contributed by atoms with Crippen molar-refractivity contribution in [3.8, 4) is 0 Å². The van der Waals surface area contributed by atoms with Crippen LogP contribution in [0, 0.1) is 0 Å². The molecule has 0 fully saturated rings. The van der Waals surface area contributed by atoms with Crippen LogP contribution in [0.5, 0.6) is 0 Å². The Labute approximate surface area is 112 Å².